The molecule has 0 aromatic heterocycles. The minimum Gasteiger partial charge on any atom is -0.143 e. The summed E-state index contributed by atoms with van der Waals surface area (Å²) in [5.41, 5.74) is 0. The zero-order valence-corrected chi connectivity index (χ0v) is 8.77. The van der Waals surface area contributed by atoms with Crippen LogP contribution in [0.3, 0.4) is 0 Å². The molecule has 1 saturated carbocycles. The first kappa shape index (κ1) is 8.31. The van der Waals surface area contributed by atoms with Crippen LogP contribution in [0.25, 0.3) is 0 Å². The second-order valence-electron chi connectivity index (χ2n) is 3.81. The lowest BCUT2D eigenvalue weighted by Gasteiger charge is -2.35. The van der Waals surface area contributed by atoms with Crippen LogP contribution in [0.15, 0.2) is 0 Å². The van der Waals surface area contributed by atoms with Crippen LogP contribution in [-0.4, -0.2) is 15.6 Å². The summed E-state index contributed by atoms with van der Waals surface area (Å²) in [4.78, 5) is 0. The fourth-order valence-corrected chi connectivity index (χ4v) is 5.84. The van der Waals surface area contributed by atoms with E-state index >= 15 is 0 Å². The number of thioether (sulfide) groups is 2. The van der Waals surface area contributed by atoms with Gasteiger partial charge >= 0.3 is 0 Å². The average molecular weight is 188 g/mol. The standard InChI is InChI=1S/C9H16S2/c1-8-3-2-4-9(7-8)10-5-6-11-9/h8H,2-7H2,1H3. The molecule has 1 aliphatic heterocycles. The summed E-state index contributed by atoms with van der Waals surface area (Å²) in [6.45, 7) is 2.42. The second-order valence-corrected chi connectivity index (χ2v) is 7.02. The fourth-order valence-electron chi connectivity index (χ4n) is 2.21. The number of hydrogen-bond acceptors (Lipinski definition) is 2. The lowest BCUT2D eigenvalue weighted by molar-refractivity contribution is 0.378. The van der Waals surface area contributed by atoms with Crippen molar-refractivity contribution in [1.82, 2.24) is 0 Å². The highest BCUT2D eigenvalue weighted by Crippen LogP contribution is 2.53. The van der Waals surface area contributed by atoms with E-state index in [0.29, 0.717) is 4.08 Å². The molecule has 0 amide bonds. The molecule has 64 valence electrons. The highest BCUT2D eigenvalue weighted by Gasteiger charge is 2.38. The van der Waals surface area contributed by atoms with Crippen molar-refractivity contribution in [3.63, 3.8) is 0 Å². The summed E-state index contributed by atoms with van der Waals surface area (Å²) in [7, 11) is 0. The molecule has 2 aliphatic rings. The van der Waals surface area contributed by atoms with Crippen LogP contribution < -0.4 is 0 Å². The van der Waals surface area contributed by atoms with E-state index in [4.69, 9.17) is 0 Å². The molecule has 11 heavy (non-hydrogen) atoms. The van der Waals surface area contributed by atoms with Crippen LogP contribution in [0.4, 0.5) is 0 Å². The first-order valence-electron chi connectivity index (χ1n) is 4.59. The van der Waals surface area contributed by atoms with Gasteiger partial charge in [-0.3, -0.25) is 0 Å². The predicted molar refractivity (Wildman–Crippen MR) is 55.3 cm³/mol. The number of rotatable bonds is 0. The molecule has 0 radical (unpaired) electrons. The highest BCUT2D eigenvalue weighted by molar-refractivity contribution is 8.21. The lowest BCUT2D eigenvalue weighted by atomic mass is 9.90. The maximum atomic E-state index is 2.42. The molecular weight excluding hydrogens is 172 g/mol. The van der Waals surface area contributed by atoms with E-state index in [9.17, 15) is 0 Å². The summed E-state index contributed by atoms with van der Waals surface area (Å²) < 4.78 is 0.678. The van der Waals surface area contributed by atoms with Gasteiger partial charge in [0.25, 0.3) is 0 Å². The van der Waals surface area contributed by atoms with Crippen LogP contribution >= 0.6 is 23.5 Å². The molecular formula is C9H16S2. The Kier molecular flexibility index (Phi) is 2.43. The molecule has 0 aromatic carbocycles. The van der Waals surface area contributed by atoms with Crippen LogP contribution in [0.1, 0.15) is 32.6 Å². The van der Waals surface area contributed by atoms with Crippen molar-refractivity contribution >= 4 is 23.5 Å². The third-order valence-electron chi connectivity index (χ3n) is 2.73. The van der Waals surface area contributed by atoms with Crippen molar-refractivity contribution in [2.75, 3.05) is 11.5 Å². The van der Waals surface area contributed by atoms with Gasteiger partial charge in [0.2, 0.25) is 0 Å². The van der Waals surface area contributed by atoms with Gasteiger partial charge in [-0.25, -0.2) is 0 Å². The van der Waals surface area contributed by atoms with Crippen LogP contribution in [0.2, 0.25) is 0 Å². The smallest absolute Gasteiger partial charge is 0.0614 e. The summed E-state index contributed by atoms with van der Waals surface area (Å²) in [5.74, 6) is 3.79. The predicted octanol–water partition coefficient (Wildman–Crippen LogP) is 3.37. The van der Waals surface area contributed by atoms with E-state index in [2.05, 4.69) is 30.4 Å². The maximum Gasteiger partial charge on any atom is 0.0614 e. The third kappa shape index (κ3) is 1.72. The minimum absolute atomic E-state index is 0.678. The molecule has 1 atom stereocenters. The van der Waals surface area contributed by atoms with Crippen molar-refractivity contribution in [1.29, 1.82) is 0 Å². The zero-order valence-electron chi connectivity index (χ0n) is 7.14. The average Bonchev–Trinajstić information content (AvgIpc) is 2.37. The van der Waals surface area contributed by atoms with Gasteiger partial charge in [-0.15, -0.1) is 23.5 Å². The quantitative estimate of drug-likeness (QED) is 0.571. The largest absolute Gasteiger partial charge is 0.143 e. The Balaban J connectivity index is 2.00. The zero-order chi connectivity index (χ0) is 7.73. The van der Waals surface area contributed by atoms with Crippen LogP contribution in [-0.2, 0) is 0 Å². The van der Waals surface area contributed by atoms with Crippen molar-refractivity contribution in [3.05, 3.63) is 0 Å². The third-order valence-corrected chi connectivity index (χ3v) is 6.30. The van der Waals surface area contributed by atoms with E-state index in [-0.39, 0.29) is 0 Å². The van der Waals surface area contributed by atoms with Gasteiger partial charge in [-0.05, 0) is 18.8 Å². The summed E-state index contributed by atoms with van der Waals surface area (Å²) in [6.07, 6.45) is 5.90. The van der Waals surface area contributed by atoms with E-state index in [1.807, 2.05) is 0 Å². The first-order chi connectivity index (χ1) is 5.31. The normalized spacial score (nSPS) is 36.3. The van der Waals surface area contributed by atoms with Gasteiger partial charge in [-0.2, -0.15) is 0 Å². The molecule has 0 nitrogen and oxygen atoms in total. The Morgan fingerprint density at radius 1 is 1.27 bits per heavy atom. The molecule has 1 unspecified atom stereocenters. The Labute approximate surface area is 77.9 Å². The minimum atomic E-state index is 0.678. The Morgan fingerprint density at radius 3 is 2.64 bits per heavy atom. The molecule has 1 saturated heterocycles. The van der Waals surface area contributed by atoms with Gasteiger partial charge in [0, 0.05) is 11.5 Å². The molecule has 1 heterocycles. The molecule has 1 spiro atoms. The first-order valence-corrected chi connectivity index (χ1v) is 6.56. The monoisotopic (exact) mass is 188 g/mol. The van der Waals surface area contributed by atoms with E-state index in [0.717, 1.165) is 5.92 Å². The van der Waals surface area contributed by atoms with Crippen molar-refractivity contribution in [3.8, 4) is 0 Å². The SMILES string of the molecule is CC1CCCC2(C1)SCCS2. The molecule has 1 aliphatic carbocycles. The molecule has 0 bridgehead atoms. The van der Waals surface area contributed by atoms with Gasteiger partial charge in [0.05, 0.1) is 4.08 Å². The Bertz CT molecular complexity index is 138. The van der Waals surface area contributed by atoms with Gasteiger partial charge in [0.15, 0.2) is 0 Å². The van der Waals surface area contributed by atoms with E-state index in [1.54, 1.807) is 0 Å². The van der Waals surface area contributed by atoms with Gasteiger partial charge < -0.3 is 0 Å². The summed E-state index contributed by atoms with van der Waals surface area (Å²) in [6, 6.07) is 0. The van der Waals surface area contributed by atoms with Crippen molar-refractivity contribution in [2.24, 2.45) is 5.92 Å². The topological polar surface area (TPSA) is 0 Å². The van der Waals surface area contributed by atoms with Crippen molar-refractivity contribution in [2.45, 2.75) is 36.7 Å². The fraction of sp³-hybridized carbons (Fsp3) is 1.00. The highest BCUT2D eigenvalue weighted by atomic mass is 32.2. The summed E-state index contributed by atoms with van der Waals surface area (Å²) in [5, 5.41) is 0. The van der Waals surface area contributed by atoms with E-state index in [1.165, 1.54) is 37.2 Å². The molecule has 2 rings (SSSR count). The Hall–Kier alpha value is 0.700. The number of hydrogen-bond donors (Lipinski definition) is 0. The van der Waals surface area contributed by atoms with Crippen LogP contribution in [0, 0.1) is 5.92 Å². The maximum absolute atomic E-state index is 2.42. The molecule has 0 N–H and O–H groups in total. The Morgan fingerprint density at radius 2 is 2.00 bits per heavy atom. The van der Waals surface area contributed by atoms with Gasteiger partial charge in [0.1, 0.15) is 0 Å². The van der Waals surface area contributed by atoms with E-state index < -0.39 is 0 Å². The second kappa shape index (κ2) is 3.21. The summed E-state index contributed by atoms with van der Waals surface area (Å²) >= 11 is 4.46. The van der Waals surface area contributed by atoms with Gasteiger partial charge in [-0.1, -0.05) is 19.8 Å². The molecule has 2 fully saturated rings. The molecule has 0 aromatic rings. The lowest BCUT2D eigenvalue weighted by Crippen LogP contribution is -2.25. The van der Waals surface area contributed by atoms with Crippen LogP contribution in [0.5, 0.6) is 0 Å². The molecule has 2 heteroatoms. The van der Waals surface area contributed by atoms with Crippen molar-refractivity contribution < 1.29 is 0 Å².